The SMILES string of the molecule is CS(=O)(=O)c1cc(S(=O)(=O)NO)co1. The molecule has 80 valence electrons. The third-order valence-corrected chi connectivity index (χ3v) is 3.37. The summed E-state index contributed by atoms with van der Waals surface area (Å²) < 4.78 is 48.1. The molecule has 0 aliphatic carbocycles. The van der Waals surface area contributed by atoms with Gasteiger partial charge in [-0.2, -0.15) is 0 Å². The molecule has 0 spiro atoms. The molecule has 0 bridgehead atoms. The third-order valence-electron chi connectivity index (χ3n) is 1.35. The first-order valence-corrected chi connectivity index (χ1v) is 6.59. The Morgan fingerprint density at radius 1 is 1.36 bits per heavy atom. The lowest BCUT2D eigenvalue weighted by molar-refractivity contribution is 0.242. The average Bonchev–Trinajstić information content (AvgIpc) is 2.51. The zero-order valence-corrected chi connectivity index (χ0v) is 8.59. The van der Waals surface area contributed by atoms with E-state index in [1.165, 1.54) is 0 Å². The minimum absolute atomic E-state index is 0.458. The van der Waals surface area contributed by atoms with Crippen molar-refractivity contribution in [1.82, 2.24) is 4.89 Å². The van der Waals surface area contributed by atoms with Gasteiger partial charge in [-0.05, 0) is 0 Å². The number of hydrogen-bond acceptors (Lipinski definition) is 6. The fourth-order valence-electron chi connectivity index (χ4n) is 0.688. The van der Waals surface area contributed by atoms with E-state index in [9.17, 15) is 16.8 Å². The van der Waals surface area contributed by atoms with E-state index in [-0.39, 0.29) is 0 Å². The number of nitrogens with one attached hydrogen (secondary N) is 1. The van der Waals surface area contributed by atoms with E-state index in [4.69, 9.17) is 5.21 Å². The summed E-state index contributed by atoms with van der Waals surface area (Å²) in [6.07, 6.45) is 1.59. The van der Waals surface area contributed by atoms with Crippen LogP contribution in [0.1, 0.15) is 0 Å². The van der Waals surface area contributed by atoms with Gasteiger partial charge in [0.1, 0.15) is 11.2 Å². The van der Waals surface area contributed by atoms with Crippen LogP contribution in [0.5, 0.6) is 0 Å². The van der Waals surface area contributed by atoms with Crippen molar-refractivity contribution in [3.8, 4) is 0 Å². The number of sulfone groups is 1. The molecule has 7 nitrogen and oxygen atoms in total. The summed E-state index contributed by atoms with van der Waals surface area (Å²) in [5.74, 6) is 0. The van der Waals surface area contributed by atoms with Crippen LogP contribution in [0.15, 0.2) is 26.7 Å². The second-order valence-electron chi connectivity index (χ2n) is 2.47. The van der Waals surface area contributed by atoms with E-state index in [1.807, 2.05) is 0 Å². The maximum atomic E-state index is 10.9. The van der Waals surface area contributed by atoms with Gasteiger partial charge in [0.05, 0.1) is 0 Å². The quantitative estimate of drug-likeness (QED) is 0.680. The molecule has 0 unspecified atom stereocenters. The molecule has 0 radical (unpaired) electrons. The molecule has 1 aromatic heterocycles. The highest BCUT2D eigenvalue weighted by atomic mass is 32.2. The lowest BCUT2D eigenvalue weighted by Crippen LogP contribution is -2.18. The summed E-state index contributed by atoms with van der Waals surface area (Å²) in [4.78, 5) is 0.582. The maximum absolute atomic E-state index is 10.9. The first-order valence-electron chi connectivity index (χ1n) is 3.22. The van der Waals surface area contributed by atoms with E-state index in [0.29, 0.717) is 0 Å². The Labute approximate surface area is 80.3 Å². The van der Waals surface area contributed by atoms with Gasteiger partial charge in [0.2, 0.25) is 14.9 Å². The molecule has 0 saturated heterocycles. The monoisotopic (exact) mass is 241 g/mol. The van der Waals surface area contributed by atoms with Crippen LogP contribution in [0.25, 0.3) is 0 Å². The van der Waals surface area contributed by atoms with Crippen molar-refractivity contribution < 1.29 is 26.5 Å². The predicted molar refractivity (Wildman–Crippen MR) is 43.9 cm³/mol. The molecule has 1 rings (SSSR count). The van der Waals surface area contributed by atoms with E-state index in [0.717, 1.165) is 23.5 Å². The van der Waals surface area contributed by atoms with Gasteiger partial charge >= 0.3 is 0 Å². The van der Waals surface area contributed by atoms with Crippen LogP contribution in [0.4, 0.5) is 0 Å². The van der Waals surface area contributed by atoms with Crippen LogP contribution >= 0.6 is 0 Å². The molecule has 0 saturated carbocycles. The molecule has 0 aliphatic heterocycles. The molecule has 9 heteroatoms. The van der Waals surface area contributed by atoms with Crippen molar-refractivity contribution in [2.45, 2.75) is 9.99 Å². The van der Waals surface area contributed by atoms with Crippen LogP contribution in [0.3, 0.4) is 0 Å². The Balaban J connectivity index is 3.27. The minimum Gasteiger partial charge on any atom is -0.452 e. The van der Waals surface area contributed by atoms with Crippen LogP contribution in [0, 0.1) is 0 Å². The topological polar surface area (TPSA) is 114 Å². The molecule has 1 heterocycles. The molecule has 0 atom stereocenters. The Kier molecular flexibility index (Phi) is 2.67. The molecular formula is C5H7NO6S2. The summed E-state index contributed by atoms with van der Waals surface area (Å²) in [6, 6.07) is 0.799. The highest BCUT2D eigenvalue weighted by Gasteiger charge is 2.20. The third kappa shape index (κ3) is 2.12. The first kappa shape index (κ1) is 11.2. The standard InChI is InChI=1S/C5H7NO6S2/c1-13(8,9)5-2-4(3-12-5)14(10,11)6-7/h2-3,6-7H,1H3. The normalized spacial score (nSPS) is 13.0. The van der Waals surface area contributed by atoms with Gasteiger partial charge in [0.15, 0.2) is 0 Å². The fourth-order valence-corrected chi connectivity index (χ4v) is 1.87. The number of furan rings is 1. The number of hydrogen-bond donors (Lipinski definition) is 2. The van der Waals surface area contributed by atoms with E-state index < -0.39 is 29.8 Å². The molecule has 0 aliphatic rings. The largest absolute Gasteiger partial charge is 0.452 e. The van der Waals surface area contributed by atoms with Gasteiger partial charge in [-0.1, -0.05) is 4.89 Å². The summed E-state index contributed by atoms with van der Waals surface area (Å²) in [7, 11) is -7.68. The van der Waals surface area contributed by atoms with Crippen molar-refractivity contribution in [3.63, 3.8) is 0 Å². The highest BCUT2D eigenvalue weighted by Crippen LogP contribution is 2.17. The number of sulfonamides is 1. The van der Waals surface area contributed by atoms with Crippen LogP contribution in [0.2, 0.25) is 0 Å². The molecule has 0 fully saturated rings. The van der Waals surface area contributed by atoms with E-state index in [1.54, 1.807) is 0 Å². The van der Waals surface area contributed by atoms with Crippen LogP contribution < -0.4 is 4.89 Å². The second-order valence-corrected chi connectivity index (χ2v) is 6.08. The van der Waals surface area contributed by atoms with Gasteiger partial charge in [-0.25, -0.2) is 16.8 Å². The minimum atomic E-state index is -4.09. The average molecular weight is 241 g/mol. The smallest absolute Gasteiger partial charge is 0.265 e. The van der Waals surface area contributed by atoms with Gasteiger partial charge in [0.25, 0.3) is 10.0 Å². The molecule has 1 aromatic rings. The predicted octanol–water partition coefficient (Wildman–Crippen LogP) is -0.649. The molecule has 14 heavy (non-hydrogen) atoms. The van der Waals surface area contributed by atoms with E-state index >= 15 is 0 Å². The molecule has 2 N–H and O–H groups in total. The summed E-state index contributed by atoms with van der Waals surface area (Å²) in [5, 5.41) is 7.75. The maximum Gasteiger partial charge on any atom is 0.265 e. The molecule has 0 aromatic carbocycles. The van der Waals surface area contributed by atoms with E-state index in [2.05, 4.69) is 4.42 Å². The Morgan fingerprint density at radius 2 is 1.93 bits per heavy atom. The van der Waals surface area contributed by atoms with Gasteiger partial charge in [-0.15, -0.1) is 0 Å². The summed E-state index contributed by atoms with van der Waals surface area (Å²) in [5.41, 5.74) is 0. The molecule has 0 amide bonds. The summed E-state index contributed by atoms with van der Waals surface area (Å²) in [6.45, 7) is 0. The van der Waals surface area contributed by atoms with Crippen molar-refractivity contribution in [3.05, 3.63) is 12.3 Å². The second kappa shape index (κ2) is 3.35. The Morgan fingerprint density at radius 3 is 2.29 bits per heavy atom. The van der Waals surface area contributed by atoms with Gasteiger partial charge in [-0.3, -0.25) is 0 Å². The van der Waals surface area contributed by atoms with Crippen LogP contribution in [-0.4, -0.2) is 28.3 Å². The van der Waals surface area contributed by atoms with Gasteiger partial charge in [0, 0.05) is 12.3 Å². The van der Waals surface area contributed by atoms with Crippen molar-refractivity contribution >= 4 is 19.9 Å². The van der Waals surface area contributed by atoms with Crippen molar-refractivity contribution in [2.75, 3.05) is 6.26 Å². The zero-order chi connectivity index (χ0) is 11.0. The Hall–Kier alpha value is -0.900. The fraction of sp³-hybridized carbons (Fsp3) is 0.200. The molecular weight excluding hydrogens is 234 g/mol. The number of rotatable bonds is 3. The van der Waals surface area contributed by atoms with Gasteiger partial charge < -0.3 is 9.62 Å². The van der Waals surface area contributed by atoms with Crippen molar-refractivity contribution in [1.29, 1.82) is 0 Å². The lowest BCUT2D eigenvalue weighted by Gasteiger charge is -1.93. The highest BCUT2D eigenvalue weighted by molar-refractivity contribution is 7.91. The van der Waals surface area contributed by atoms with Crippen LogP contribution in [-0.2, 0) is 19.9 Å². The Bertz CT molecular complexity index is 524. The lowest BCUT2D eigenvalue weighted by atomic mass is 10.7. The zero-order valence-electron chi connectivity index (χ0n) is 6.96. The first-order chi connectivity index (χ1) is 6.27. The van der Waals surface area contributed by atoms with Crippen molar-refractivity contribution in [2.24, 2.45) is 0 Å². The summed E-state index contributed by atoms with van der Waals surface area (Å²) >= 11 is 0.